The first-order valence-corrected chi connectivity index (χ1v) is 7.29. The molecule has 0 saturated heterocycles. The van der Waals surface area contributed by atoms with Crippen LogP contribution in [0.1, 0.15) is 18.0 Å². The summed E-state index contributed by atoms with van der Waals surface area (Å²) in [6.07, 6.45) is 0.568. The molecule has 0 fully saturated rings. The molecule has 0 spiro atoms. The molecule has 0 aromatic heterocycles. The van der Waals surface area contributed by atoms with Gasteiger partial charge in [0.1, 0.15) is 0 Å². The van der Waals surface area contributed by atoms with Crippen LogP contribution in [0.3, 0.4) is 0 Å². The molecule has 0 heterocycles. The third-order valence-electron chi connectivity index (χ3n) is 2.80. The molecule has 2 aromatic carbocycles. The van der Waals surface area contributed by atoms with Crippen molar-refractivity contribution in [3.8, 4) is 0 Å². The number of halogens is 2. The monoisotopic (exact) mass is 329 g/mol. The Balaban J connectivity index is 0.00000200. The van der Waals surface area contributed by atoms with Gasteiger partial charge in [0.25, 0.3) is 0 Å². The Kier molecular flexibility index (Phi) is 7.41. The number of benzene rings is 2. The van der Waals surface area contributed by atoms with Crippen molar-refractivity contribution in [3.63, 3.8) is 0 Å². The molecule has 0 bridgehead atoms. The summed E-state index contributed by atoms with van der Waals surface area (Å²) in [6, 6.07) is 15.6. The first-order valence-electron chi connectivity index (χ1n) is 6.09. The van der Waals surface area contributed by atoms with Crippen molar-refractivity contribution in [2.24, 2.45) is 5.73 Å². The van der Waals surface area contributed by atoms with Crippen molar-refractivity contribution in [2.75, 3.05) is 6.61 Å². The van der Waals surface area contributed by atoms with Gasteiger partial charge in [0.15, 0.2) is 0 Å². The van der Waals surface area contributed by atoms with E-state index in [2.05, 4.69) is 0 Å². The molecule has 0 aliphatic carbocycles. The lowest BCUT2D eigenvalue weighted by Crippen LogP contribution is -2.12. The quantitative estimate of drug-likeness (QED) is 0.859. The van der Waals surface area contributed by atoms with E-state index in [4.69, 9.17) is 22.4 Å². The van der Waals surface area contributed by atoms with Crippen molar-refractivity contribution in [1.29, 1.82) is 0 Å². The third-order valence-corrected chi connectivity index (χ3v) is 4.15. The van der Waals surface area contributed by atoms with E-state index in [1.807, 2.05) is 48.5 Å². The van der Waals surface area contributed by atoms with Crippen LogP contribution < -0.4 is 5.73 Å². The second-order valence-electron chi connectivity index (χ2n) is 4.21. The van der Waals surface area contributed by atoms with E-state index in [0.717, 1.165) is 20.4 Å². The zero-order valence-corrected chi connectivity index (χ0v) is 13.2. The summed E-state index contributed by atoms with van der Waals surface area (Å²) >= 11 is 7.54. The number of hydrogen-bond acceptors (Lipinski definition) is 3. The van der Waals surface area contributed by atoms with Crippen molar-refractivity contribution >= 4 is 35.8 Å². The summed E-state index contributed by atoms with van der Waals surface area (Å²) in [5.74, 6) is 0. The Bertz CT molecular complexity index is 534. The van der Waals surface area contributed by atoms with Gasteiger partial charge in [0, 0.05) is 27.5 Å². The van der Waals surface area contributed by atoms with Gasteiger partial charge in [-0.1, -0.05) is 41.6 Å². The topological polar surface area (TPSA) is 46.2 Å². The summed E-state index contributed by atoms with van der Waals surface area (Å²) in [5, 5.41) is 9.74. The molecule has 0 aliphatic heterocycles. The molecule has 1 atom stereocenters. The predicted molar refractivity (Wildman–Crippen MR) is 87.9 cm³/mol. The molecule has 0 aliphatic rings. The van der Waals surface area contributed by atoms with Crippen molar-refractivity contribution in [2.45, 2.75) is 22.3 Å². The zero-order chi connectivity index (χ0) is 13.7. The van der Waals surface area contributed by atoms with Crippen LogP contribution in [0.25, 0.3) is 0 Å². The van der Waals surface area contributed by atoms with Gasteiger partial charge in [-0.25, -0.2) is 0 Å². The summed E-state index contributed by atoms with van der Waals surface area (Å²) < 4.78 is 0. The van der Waals surface area contributed by atoms with E-state index in [1.54, 1.807) is 11.8 Å². The number of rotatable bonds is 5. The van der Waals surface area contributed by atoms with Gasteiger partial charge < -0.3 is 10.8 Å². The average Bonchev–Trinajstić information content (AvgIpc) is 2.42. The molecule has 0 radical (unpaired) electrons. The molecule has 0 unspecified atom stereocenters. The summed E-state index contributed by atoms with van der Waals surface area (Å²) in [6.45, 7) is 0.0983. The van der Waals surface area contributed by atoms with Crippen LogP contribution in [0.4, 0.5) is 0 Å². The first-order chi connectivity index (χ1) is 9.20. The van der Waals surface area contributed by atoms with Gasteiger partial charge >= 0.3 is 0 Å². The number of hydrogen-bond donors (Lipinski definition) is 2. The molecule has 5 heteroatoms. The third kappa shape index (κ3) is 4.69. The van der Waals surface area contributed by atoms with Gasteiger partial charge in [-0.15, -0.1) is 12.4 Å². The Hall–Kier alpha value is -0.710. The van der Waals surface area contributed by atoms with Crippen molar-refractivity contribution in [3.05, 3.63) is 59.1 Å². The average molecular weight is 330 g/mol. The highest BCUT2D eigenvalue weighted by Crippen LogP contribution is 2.33. The molecule has 3 N–H and O–H groups in total. The Morgan fingerprint density at radius 3 is 2.40 bits per heavy atom. The standard InChI is InChI=1S/C15H16ClNOS.ClH/c16-11-5-7-12(8-6-11)19-15-4-2-1-3-13(15)14(17)9-10-18;/h1-8,14,18H,9-10,17H2;1H/t14-;/m0./s1. The first kappa shape index (κ1) is 17.3. The Labute approximate surface area is 134 Å². The van der Waals surface area contributed by atoms with Crippen molar-refractivity contribution in [1.82, 2.24) is 0 Å². The molecule has 108 valence electrons. The van der Waals surface area contributed by atoms with Gasteiger partial charge in [-0.05, 0) is 42.3 Å². The molecule has 0 amide bonds. The van der Waals surface area contributed by atoms with Crippen LogP contribution in [0, 0.1) is 0 Å². The lowest BCUT2D eigenvalue weighted by atomic mass is 10.1. The SMILES string of the molecule is Cl.N[C@@H](CCO)c1ccccc1Sc1ccc(Cl)cc1. The van der Waals surface area contributed by atoms with E-state index in [9.17, 15) is 0 Å². The number of nitrogens with two attached hydrogens (primary N) is 1. The number of aliphatic hydroxyl groups excluding tert-OH is 1. The minimum Gasteiger partial charge on any atom is -0.396 e. The van der Waals surface area contributed by atoms with Gasteiger partial charge in [0.2, 0.25) is 0 Å². The molecule has 0 saturated carbocycles. The van der Waals surface area contributed by atoms with Gasteiger partial charge in [-0.3, -0.25) is 0 Å². The lowest BCUT2D eigenvalue weighted by Gasteiger charge is -2.15. The lowest BCUT2D eigenvalue weighted by molar-refractivity contribution is 0.276. The van der Waals surface area contributed by atoms with E-state index in [0.29, 0.717) is 6.42 Å². The minimum atomic E-state index is -0.138. The summed E-state index contributed by atoms with van der Waals surface area (Å²) in [4.78, 5) is 2.24. The normalized spacial score (nSPS) is 11.8. The van der Waals surface area contributed by atoms with Crippen LogP contribution in [0.5, 0.6) is 0 Å². The van der Waals surface area contributed by atoms with Crippen LogP contribution in [0.2, 0.25) is 5.02 Å². The maximum absolute atomic E-state index is 9.01. The smallest absolute Gasteiger partial charge is 0.0449 e. The fourth-order valence-corrected chi connectivity index (χ4v) is 2.94. The molecule has 2 rings (SSSR count). The van der Waals surface area contributed by atoms with Crippen LogP contribution in [-0.2, 0) is 0 Å². The predicted octanol–water partition coefficient (Wildman–Crippen LogP) is 4.30. The van der Waals surface area contributed by atoms with E-state index in [-0.39, 0.29) is 25.1 Å². The van der Waals surface area contributed by atoms with Gasteiger partial charge in [0.05, 0.1) is 0 Å². The zero-order valence-electron chi connectivity index (χ0n) is 10.8. The van der Waals surface area contributed by atoms with E-state index >= 15 is 0 Å². The second kappa shape index (κ2) is 8.55. The highest BCUT2D eigenvalue weighted by molar-refractivity contribution is 7.99. The highest BCUT2D eigenvalue weighted by atomic mass is 35.5. The van der Waals surface area contributed by atoms with E-state index < -0.39 is 0 Å². The molecule has 2 nitrogen and oxygen atoms in total. The fraction of sp³-hybridized carbons (Fsp3) is 0.200. The van der Waals surface area contributed by atoms with Crippen molar-refractivity contribution < 1.29 is 5.11 Å². The van der Waals surface area contributed by atoms with Crippen LogP contribution in [0.15, 0.2) is 58.3 Å². The molecular formula is C15H17Cl2NOS. The fourth-order valence-electron chi connectivity index (χ4n) is 1.80. The highest BCUT2D eigenvalue weighted by Gasteiger charge is 2.11. The Morgan fingerprint density at radius 2 is 1.75 bits per heavy atom. The number of aliphatic hydroxyl groups is 1. The Morgan fingerprint density at radius 1 is 1.10 bits per heavy atom. The van der Waals surface area contributed by atoms with E-state index in [1.165, 1.54) is 0 Å². The molecular weight excluding hydrogens is 313 g/mol. The largest absolute Gasteiger partial charge is 0.396 e. The van der Waals surface area contributed by atoms with Crippen LogP contribution in [-0.4, -0.2) is 11.7 Å². The maximum Gasteiger partial charge on any atom is 0.0449 e. The molecule has 20 heavy (non-hydrogen) atoms. The van der Waals surface area contributed by atoms with Gasteiger partial charge in [-0.2, -0.15) is 0 Å². The van der Waals surface area contributed by atoms with Crippen LogP contribution >= 0.6 is 35.8 Å². The minimum absolute atomic E-state index is 0. The maximum atomic E-state index is 9.01. The summed E-state index contributed by atoms with van der Waals surface area (Å²) in [7, 11) is 0. The summed E-state index contributed by atoms with van der Waals surface area (Å²) in [5.41, 5.74) is 7.16. The second-order valence-corrected chi connectivity index (χ2v) is 5.76. The molecule has 2 aromatic rings.